The lowest BCUT2D eigenvalue weighted by Gasteiger charge is -2.26. The molecule has 2 aromatic rings. The van der Waals surface area contributed by atoms with Crippen molar-refractivity contribution in [3.8, 4) is 0 Å². The molecule has 4 heterocycles. The zero-order chi connectivity index (χ0) is 14.1. The average molecular weight is 283 g/mol. The first-order chi connectivity index (χ1) is 10.4. The maximum absolute atomic E-state index is 4.94. The van der Waals surface area contributed by atoms with E-state index in [1.54, 1.807) is 0 Å². The summed E-state index contributed by atoms with van der Waals surface area (Å²) in [5, 5.41) is 11.9. The second kappa shape index (κ2) is 5.48. The van der Waals surface area contributed by atoms with Gasteiger partial charge >= 0.3 is 0 Å². The Morgan fingerprint density at radius 2 is 1.86 bits per heavy atom. The molecule has 5 heteroatoms. The Labute approximate surface area is 124 Å². The van der Waals surface area contributed by atoms with Gasteiger partial charge in [-0.05, 0) is 50.0 Å². The standard InChI is InChI=1S/C16H21N5/c1-6-17-7-2-12(1)14-11-16-19-10-5-15(21(16)20-14)13-3-8-18-9-4-13/h3-4,8-9,11-12,15,17,19H,1-2,5-7,10H2. The zero-order valence-corrected chi connectivity index (χ0v) is 12.1. The minimum absolute atomic E-state index is 0.333. The summed E-state index contributed by atoms with van der Waals surface area (Å²) in [7, 11) is 0. The van der Waals surface area contributed by atoms with Crippen LogP contribution >= 0.6 is 0 Å². The Morgan fingerprint density at radius 1 is 1.05 bits per heavy atom. The maximum Gasteiger partial charge on any atom is 0.125 e. The highest BCUT2D eigenvalue weighted by Gasteiger charge is 2.26. The van der Waals surface area contributed by atoms with Gasteiger partial charge in [-0.1, -0.05) is 0 Å². The third-order valence-corrected chi connectivity index (χ3v) is 4.62. The summed E-state index contributed by atoms with van der Waals surface area (Å²) in [6.07, 6.45) is 7.19. The molecule has 0 aliphatic carbocycles. The minimum atomic E-state index is 0.333. The zero-order valence-electron chi connectivity index (χ0n) is 12.1. The number of rotatable bonds is 2. The van der Waals surface area contributed by atoms with E-state index in [-0.39, 0.29) is 0 Å². The van der Waals surface area contributed by atoms with Gasteiger partial charge in [0.05, 0.1) is 11.7 Å². The van der Waals surface area contributed by atoms with Gasteiger partial charge in [0.2, 0.25) is 0 Å². The number of pyridine rings is 1. The summed E-state index contributed by atoms with van der Waals surface area (Å²) in [4.78, 5) is 4.12. The number of hydrogen-bond donors (Lipinski definition) is 2. The van der Waals surface area contributed by atoms with Gasteiger partial charge < -0.3 is 10.6 Å². The molecule has 4 rings (SSSR count). The van der Waals surface area contributed by atoms with Crippen LogP contribution in [0, 0.1) is 0 Å². The SMILES string of the molecule is c1cc(C2CCNc3cc(C4CCNCC4)nn32)ccn1. The highest BCUT2D eigenvalue weighted by molar-refractivity contribution is 5.42. The molecular weight excluding hydrogens is 262 g/mol. The molecule has 0 bridgehead atoms. The van der Waals surface area contributed by atoms with E-state index in [4.69, 9.17) is 5.10 Å². The molecule has 5 nitrogen and oxygen atoms in total. The molecule has 1 saturated heterocycles. The quantitative estimate of drug-likeness (QED) is 0.887. The molecule has 0 saturated carbocycles. The number of nitrogens with zero attached hydrogens (tertiary/aromatic N) is 3. The van der Waals surface area contributed by atoms with Crippen LogP contribution in [0.2, 0.25) is 0 Å². The van der Waals surface area contributed by atoms with Crippen LogP contribution < -0.4 is 10.6 Å². The first-order valence-electron chi connectivity index (χ1n) is 7.86. The summed E-state index contributed by atoms with van der Waals surface area (Å²) in [6, 6.07) is 6.79. The van der Waals surface area contributed by atoms with E-state index in [1.165, 1.54) is 24.1 Å². The van der Waals surface area contributed by atoms with Gasteiger partial charge in [-0.2, -0.15) is 5.10 Å². The van der Waals surface area contributed by atoms with E-state index in [2.05, 4.69) is 38.5 Å². The van der Waals surface area contributed by atoms with E-state index in [0.717, 1.165) is 31.9 Å². The van der Waals surface area contributed by atoms with Gasteiger partial charge in [0, 0.05) is 30.9 Å². The number of fused-ring (bicyclic) bond motifs is 1. The van der Waals surface area contributed by atoms with Crippen molar-refractivity contribution >= 4 is 5.82 Å². The molecule has 0 amide bonds. The molecule has 1 fully saturated rings. The van der Waals surface area contributed by atoms with Crippen LogP contribution in [0.25, 0.3) is 0 Å². The minimum Gasteiger partial charge on any atom is -0.370 e. The Bertz CT molecular complexity index is 600. The highest BCUT2D eigenvalue weighted by Crippen LogP contribution is 2.33. The Morgan fingerprint density at radius 3 is 2.67 bits per heavy atom. The smallest absolute Gasteiger partial charge is 0.125 e. The van der Waals surface area contributed by atoms with Crippen LogP contribution in [-0.2, 0) is 0 Å². The van der Waals surface area contributed by atoms with Crippen molar-refractivity contribution < 1.29 is 0 Å². The molecule has 2 aromatic heterocycles. The van der Waals surface area contributed by atoms with Gasteiger partial charge in [-0.15, -0.1) is 0 Å². The second-order valence-electron chi connectivity index (χ2n) is 5.94. The van der Waals surface area contributed by atoms with E-state index in [1.807, 2.05) is 12.4 Å². The van der Waals surface area contributed by atoms with E-state index in [9.17, 15) is 0 Å². The van der Waals surface area contributed by atoms with Gasteiger partial charge in [-0.25, -0.2) is 4.68 Å². The van der Waals surface area contributed by atoms with Crippen molar-refractivity contribution in [2.24, 2.45) is 0 Å². The van der Waals surface area contributed by atoms with Crippen LogP contribution in [0.5, 0.6) is 0 Å². The predicted octanol–water partition coefficient (Wildman–Crippen LogP) is 2.15. The van der Waals surface area contributed by atoms with Gasteiger partial charge in [0.25, 0.3) is 0 Å². The third kappa shape index (κ3) is 2.42. The third-order valence-electron chi connectivity index (χ3n) is 4.62. The molecule has 2 aliphatic rings. The van der Waals surface area contributed by atoms with Crippen molar-refractivity contribution in [1.82, 2.24) is 20.1 Å². The fourth-order valence-corrected chi connectivity index (χ4v) is 3.45. The average Bonchev–Trinajstić information content (AvgIpc) is 3.00. The van der Waals surface area contributed by atoms with Crippen molar-refractivity contribution in [1.29, 1.82) is 0 Å². The summed E-state index contributed by atoms with van der Waals surface area (Å²) >= 11 is 0. The van der Waals surface area contributed by atoms with Gasteiger partial charge in [-0.3, -0.25) is 4.98 Å². The molecule has 110 valence electrons. The van der Waals surface area contributed by atoms with Gasteiger partial charge in [0.15, 0.2) is 0 Å². The summed E-state index contributed by atoms with van der Waals surface area (Å²) in [6.45, 7) is 3.21. The van der Waals surface area contributed by atoms with Crippen LogP contribution in [0.1, 0.15) is 42.5 Å². The molecule has 0 spiro atoms. The topological polar surface area (TPSA) is 54.8 Å². The van der Waals surface area contributed by atoms with E-state index in [0.29, 0.717) is 12.0 Å². The molecular formula is C16H21N5. The van der Waals surface area contributed by atoms with Crippen molar-refractivity contribution in [3.05, 3.63) is 41.9 Å². The first kappa shape index (κ1) is 12.8. The number of hydrogen-bond acceptors (Lipinski definition) is 4. The maximum atomic E-state index is 4.94. The molecule has 2 aliphatic heterocycles. The van der Waals surface area contributed by atoms with Crippen molar-refractivity contribution in [3.63, 3.8) is 0 Å². The van der Waals surface area contributed by atoms with Crippen LogP contribution in [0.15, 0.2) is 30.6 Å². The first-order valence-corrected chi connectivity index (χ1v) is 7.86. The van der Waals surface area contributed by atoms with Gasteiger partial charge in [0.1, 0.15) is 5.82 Å². The summed E-state index contributed by atoms with van der Waals surface area (Å²) < 4.78 is 2.18. The summed E-state index contributed by atoms with van der Waals surface area (Å²) in [5.74, 6) is 1.76. The number of piperidine rings is 1. The molecule has 21 heavy (non-hydrogen) atoms. The van der Waals surface area contributed by atoms with E-state index < -0.39 is 0 Å². The number of nitrogens with one attached hydrogen (secondary N) is 2. The lowest BCUT2D eigenvalue weighted by Crippen LogP contribution is -2.27. The number of anilines is 1. The summed E-state index contributed by atoms with van der Waals surface area (Å²) in [5.41, 5.74) is 2.55. The Hall–Kier alpha value is -1.88. The monoisotopic (exact) mass is 283 g/mol. The normalized spacial score (nSPS) is 22.6. The Kier molecular flexibility index (Phi) is 3.35. The van der Waals surface area contributed by atoms with Crippen molar-refractivity contribution in [2.45, 2.75) is 31.2 Å². The molecule has 1 unspecified atom stereocenters. The molecule has 2 N–H and O–H groups in total. The lowest BCUT2D eigenvalue weighted by molar-refractivity contribution is 0.434. The number of aromatic nitrogens is 3. The molecule has 0 radical (unpaired) electrons. The highest BCUT2D eigenvalue weighted by atomic mass is 15.4. The second-order valence-corrected chi connectivity index (χ2v) is 5.94. The largest absolute Gasteiger partial charge is 0.370 e. The fraction of sp³-hybridized carbons (Fsp3) is 0.500. The fourth-order valence-electron chi connectivity index (χ4n) is 3.45. The Balaban J connectivity index is 1.66. The molecule has 0 aromatic carbocycles. The molecule has 1 atom stereocenters. The van der Waals surface area contributed by atoms with Crippen LogP contribution in [0.4, 0.5) is 5.82 Å². The van der Waals surface area contributed by atoms with Crippen LogP contribution in [0.3, 0.4) is 0 Å². The van der Waals surface area contributed by atoms with Crippen LogP contribution in [-0.4, -0.2) is 34.4 Å². The predicted molar refractivity (Wildman–Crippen MR) is 82.6 cm³/mol. The van der Waals surface area contributed by atoms with Crippen molar-refractivity contribution in [2.75, 3.05) is 25.0 Å². The lowest BCUT2D eigenvalue weighted by atomic mass is 9.95. The van der Waals surface area contributed by atoms with E-state index >= 15 is 0 Å².